The fourth-order valence-corrected chi connectivity index (χ4v) is 3.86. The van der Waals surface area contributed by atoms with E-state index in [1.54, 1.807) is 7.11 Å². The molecule has 0 bridgehead atoms. The van der Waals surface area contributed by atoms with Crippen LogP contribution in [-0.2, 0) is 23.1 Å². The number of nitrogens with one attached hydrogen (secondary N) is 2. The molecule has 0 unspecified atom stereocenters. The Morgan fingerprint density at radius 3 is 2.66 bits per heavy atom. The minimum absolute atomic E-state index is 0.133. The van der Waals surface area contributed by atoms with Crippen molar-refractivity contribution in [2.24, 2.45) is 7.05 Å². The van der Waals surface area contributed by atoms with Crippen molar-refractivity contribution in [3.8, 4) is 5.75 Å². The van der Waals surface area contributed by atoms with Crippen LogP contribution in [0.1, 0.15) is 18.4 Å². The van der Waals surface area contributed by atoms with Crippen molar-refractivity contribution in [1.82, 2.24) is 14.8 Å². The Balaban J connectivity index is 1.28. The molecule has 8 nitrogen and oxygen atoms in total. The summed E-state index contributed by atoms with van der Waals surface area (Å²) in [5, 5.41) is 6.65. The van der Waals surface area contributed by atoms with Gasteiger partial charge >= 0.3 is 6.03 Å². The number of anilines is 1. The quantitative estimate of drug-likeness (QED) is 0.533. The Kier molecular flexibility index (Phi) is 6.11. The summed E-state index contributed by atoms with van der Waals surface area (Å²) in [5.41, 5.74) is 2.73. The van der Waals surface area contributed by atoms with Crippen LogP contribution in [-0.4, -0.2) is 47.0 Å². The number of aryl methyl sites for hydroxylation is 1. The van der Waals surface area contributed by atoms with E-state index in [1.807, 2.05) is 66.3 Å². The van der Waals surface area contributed by atoms with E-state index in [0.29, 0.717) is 12.1 Å². The number of methoxy groups -OCH3 is 1. The molecule has 0 aliphatic carbocycles. The summed E-state index contributed by atoms with van der Waals surface area (Å²) in [6.07, 6.45) is 2.90. The van der Waals surface area contributed by atoms with Crippen LogP contribution in [0, 0.1) is 0 Å². The standard InChI is InChI=1S/C24H26N4O4/c1-27-13-12-17-5-6-18(15-21(17)27)25-22(29)10-9-20-23(30)28(24(31)26-20)14-11-16-3-7-19(32-2)8-4-16/h3-8,12-13,15,20H,9-11,14H2,1-2H3,(H,25,29)(H,26,31)/t20-/m0/s1. The normalized spacial score (nSPS) is 15.8. The molecule has 1 atom stereocenters. The summed E-state index contributed by atoms with van der Waals surface area (Å²) in [7, 11) is 3.55. The van der Waals surface area contributed by atoms with Crippen molar-refractivity contribution in [2.45, 2.75) is 25.3 Å². The third-order valence-corrected chi connectivity index (χ3v) is 5.72. The van der Waals surface area contributed by atoms with E-state index in [2.05, 4.69) is 10.6 Å². The van der Waals surface area contributed by atoms with Gasteiger partial charge in [-0.3, -0.25) is 14.5 Å². The van der Waals surface area contributed by atoms with E-state index in [4.69, 9.17) is 4.74 Å². The Bertz CT molecular complexity index is 1150. The first-order valence-electron chi connectivity index (χ1n) is 10.5. The zero-order valence-corrected chi connectivity index (χ0v) is 18.1. The monoisotopic (exact) mass is 434 g/mol. The van der Waals surface area contributed by atoms with E-state index in [9.17, 15) is 14.4 Å². The van der Waals surface area contributed by atoms with Gasteiger partial charge in [0, 0.05) is 37.4 Å². The minimum atomic E-state index is -0.681. The van der Waals surface area contributed by atoms with Gasteiger partial charge in [0.15, 0.2) is 0 Å². The Morgan fingerprint density at radius 1 is 1.12 bits per heavy atom. The molecule has 1 saturated heterocycles. The van der Waals surface area contributed by atoms with Crippen LogP contribution in [0.2, 0.25) is 0 Å². The highest BCUT2D eigenvalue weighted by Gasteiger charge is 2.37. The van der Waals surface area contributed by atoms with Crippen LogP contribution in [0.3, 0.4) is 0 Å². The van der Waals surface area contributed by atoms with Crippen molar-refractivity contribution < 1.29 is 19.1 Å². The average molecular weight is 434 g/mol. The fourth-order valence-electron chi connectivity index (χ4n) is 3.86. The number of hydrogen-bond donors (Lipinski definition) is 2. The van der Waals surface area contributed by atoms with Gasteiger partial charge in [-0.2, -0.15) is 0 Å². The van der Waals surface area contributed by atoms with Gasteiger partial charge in [-0.25, -0.2) is 4.79 Å². The number of carbonyl (C=O) groups excluding carboxylic acids is 3. The van der Waals surface area contributed by atoms with Crippen molar-refractivity contribution in [1.29, 1.82) is 0 Å². The van der Waals surface area contributed by atoms with E-state index < -0.39 is 12.1 Å². The number of rotatable bonds is 8. The van der Waals surface area contributed by atoms with Gasteiger partial charge in [0.1, 0.15) is 11.8 Å². The lowest BCUT2D eigenvalue weighted by atomic mass is 10.1. The van der Waals surface area contributed by atoms with Crippen LogP contribution in [0.4, 0.5) is 10.5 Å². The van der Waals surface area contributed by atoms with E-state index >= 15 is 0 Å². The molecule has 2 heterocycles. The van der Waals surface area contributed by atoms with Gasteiger partial charge in [-0.1, -0.05) is 18.2 Å². The number of carbonyl (C=O) groups is 3. The zero-order valence-electron chi connectivity index (χ0n) is 18.1. The predicted octanol–water partition coefficient (Wildman–Crippen LogP) is 3.07. The number of nitrogens with zero attached hydrogens (tertiary/aromatic N) is 2. The Hall–Kier alpha value is -3.81. The minimum Gasteiger partial charge on any atom is -0.497 e. The highest BCUT2D eigenvalue weighted by molar-refractivity contribution is 6.04. The Labute approximate surface area is 186 Å². The molecular formula is C24H26N4O4. The first-order chi connectivity index (χ1) is 15.4. The third kappa shape index (κ3) is 4.59. The van der Waals surface area contributed by atoms with Gasteiger partial charge < -0.3 is 19.9 Å². The second kappa shape index (κ2) is 9.13. The predicted molar refractivity (Wildman–Crippen MR) is 122 cm³/mol. The third-order valence-electron chi connectivity index (χ3n) is 5.72. The lowest BCUT2D eigenvalue weighted by Crippen LogP contribution is -2.33. The van der Waals surface area contributed by atoms with Gasteiger partial charge in [-0.05, 0) is 54.1 Å². The summed E-state index contributed by atoms with van der Waals surface area (Å²) < 4.78 is 7.12. The van der Waals surface area contributed by atoms with Gasteiger partial charge in [0.25, 0.3) is 5.91 Å². The summed E-state index contributed by atoms with van der Waals surface area (Å²) in [6.45, 7) is 0.288. The molecule has 8 heteroatoms. The number of hydrogen-bond acceptors (Lipinski definition) is 4. The van der Waals surface area contributed by atoms with Crippen LogP contribution < -0.4 is 15.4 Å². The van der Waals surface area contributed by atoms with Crippen molar-refractivity contribution in [3.63, 3.8) is 0 Å². The number of fused-ring (bicyclic) bond motifs is 1. The molecule has 1 aliphatic heterocycles. The van der Waals surface area contributed by atoms with E-state index in [1.165, 1.54) is 4.90 Å². The fraction of sp³-hybridized carbons (Fsp3) is 0.292. The Morgan fingerprint density at radius 2 is 1.91 bits per heavy atom. The maximum absolute atomic E-state index is 12.7. The van der Waals surface area contributed by atoms with Crippen molar-refractivity contribution in [3.05, 3.63) is 60.3 Å². The number of amides is 4. The molecule has 32 heavy (non-hydrogen) atoms. The molecule has 1 aromatic heterocycles. The summed E-state index contributed by atoms with van der Waals surface area (Å²) in [6, 6.07) is 14.1. The molecule has 166 valence electrons. The molecule has 0 saturated carbocycles. The highest BCUT2D eigenvalue weighted by Crippen LogP contribution is 2.20. The smallest absolute Gasteiger partial charge is 0.324 e. The zero-order chi connectivity index (χ0) is 22.7. The molecule has 1 aliphatic rings. The molecule has 0 radical (unpaired) electrons. The molecule has 3 aromatic rings. The number of urea groups is 1. The molecule has 4 amide bonds. The first kappa shape index (κ1) is 21.4. The average Bonchev–Trinajstić information content (AvgIpc) is 3.29. The van der Waals surface area contributed by atoms with Crippen LogP contribution in [0.15, 0.2) is 54.7 Å². The van der Waals surface area contributed by atoms with Gasteiger partial charge in [-0.15, -0.1) is 0 Å². The molecule has 1 fully saturated rings. The summed E-state index contributed by atoms with van der Waals surface area (Å²) >= 11 is 0. The van der Waals surface area contributed by atoms with Crippen LogP contribution in [0.5, 0.6) is 5.75 Å². The molecule has 4 rings (SSSR count). The summed E-state index contributed by atoms with van der Waals surface area (Å²) in [4.78, 5) is 38.5. The second-order valence-corrected chi connectivity index (χ2v) is 7.88. The number of imide groups is 1. The lowest BCUT2D eigenvalue weighted by molar-refractivity contribution is -0.127. The number of aromatic nitrogens is 1. The lowest BCUT2D eigenvalue weighted by Gasteiger charge is -2.13. The molecule has 0 spiro atoms. The van der Waals surface area contributed by atoms with Crippen LogP contribution in [0.25, 0.3) is 10.9 Å². The summed E-state index contributed by atoms with van der Waals surface area (Å²) in [5.74, 6) is 0.268. The van der Waals surface area contributed by atoms with Crippen molar-refractivity contribution in [2.75, 3.05) is 19.0 Å². The van der Waals surface area contributed by atoms with E-state index in [-0.39, 0.29) is 31.2 Å². The second-order valence-electron chi connectivity index (χ2n) is 7.88. The van der Waals surface area contributed by atoms with E-state index in [0.717, 1.165) is 22.2 Å². The van der Waals surface area contributed by atoms with Crippen molar-refractivity contribution >= 4 is 34.4 Å². The maximum Gasteiger partial charge on any atom is 0.324 e. The van der Waals surface area contributed by atoms with Gasteiger partial charge in [0.05, 0.1) is 7.11 Å². The highest BCUT2D eigenvalue weighted by atomic mass is 16.5. The van der Waals surface area contributed by atoms with Gasteiger partial charge in [0.2, 0.25) is 5.91 Å². The molecule has 2 aromatic carbocycles. The largest absolute Gasteiger partial charge is 0.497 e. The first-order valence-corrected chi connectivity index (χ1v) is 10.5. The molecule has 2 N–H and O–H groups in total. The number of ether oxygens (including phenoxy) is 1. The maximum atomic E-state index is 12.7. The topological polar surface area (TPSA) is 92.7 Å². The molecular weight excluding hydrogens is 408 g/mol. The van der Waals surface area contributed by atoms with Crippen LogP contribution >= 0.6 is 0 Å². The SMILES string of the molecule is COc1ccc(CCN2C(=O)N[C@@H](CCC(=O)Nc3ccc4ccn(C)c4c3)C2=O)cc1. The number of benzene rings is 2.